The van der Waals surface area contributed by atoms with Gasteiger partial charge in [0.1, 0.15) is 22.3 Å². The molecular weight excluding hydrogens is 387 g/mol. The number of anilines is 1. The van der Waals surface area contributed by atoms with Crippen molar-refractivity contribution >= 4 is 17.2 Å². The first-order chi connectivity index (χ1) is 14.1. The molecule has 0 amide bonds. The Morgan fingerprint density at radius 3 is 2.69 bits per heavy atom. The monoisotopic (exact) mass is 412 g/mol. The van der Waals surface area contributed by atoms with Gasteiger partial charge in [-0.2, -0.15) is 0 Å². The lowest BCUT2D eigenvalue weighted by Gasteiger charge is -2.41. The van der Waals surface area contributed by atoms with E-state index in [-0.39, 0.29) is 11.2 Å². The average Bonchev–Trinajstić information content (AvgIpc) is 3.16. The van der Waals surface area contributed by atoms with E-state index in [1.165, 1.54) is 10.9 Å². The summed E-state index contributed by atoms with van der Waals surface area (Å²) in [5, 5.41) is 16.2. The number of rotatable bonds is 8. The van der Waals surface area contributed by atoms with Crippen LogP contribution in [0.25, 0.3) is 10.7 Å². The third kappa shape index (κ3) is 4.43. The summed E-state index contributed by atoms with van der Waals surface area (Å²) >= 11 is 1.62. The van der Waals surface area contributed by atoms with Crippen LogP contribution in [0.3, 0.4) is 0 Å². The molecule has 0 radical (unpaired) electrons. The summed E-state index contributed by atoms with van der Waals surface area (Å²) in [5.41, 5.74) is 1.04. The van der Waals surface area contributed by atoms with Gasteiger partial charge in [-0.15, -0.1) is 21.5 Å². The number of halogens is 1. The van der Waals surface area contributed by atoms with Crippen LogP contribution in [0.2, 0.25) is 0 Å². The minimum atomic E-state index is -0.265. The molecule has 1 fully saturated rings. The molecule has 8 heteroatoms. The zero-order chi connectivity index (χ0) is 20.3. The highest BCUT2D eigenvalue weighted by Crippen LogP contribution is 2.43. The van der Waals surface area contributed by atoms with Gasteiger partial charge in [-0.1, -0.05) is 20.3 Å². The highest BCUT2D eigenvalue weighted by molar-refractivity contribution is 7.14. The van der Waals surface area contributed by atoms with Crippen molar-refractivity contribution in [2.45, 2.75) is 51.1 Å². The van der Waals surface area contributed by atoms with Crippen molar-refractivity contribution in [3.05, 3.63) is 53.0 Å². The average molecular weight is 413 g/mol. The highest BCUT2D eigenvalue weighted by atomic mass is 32.1. The van der Waals surface area contributed by atoms with Gasteiger partial charge in [-0.25, -0.2) is 9.37 Å². The quantitative estimate of drug-likeness (QED) is 0.578. The molecule has 1 aliphatic carbocycles. The standard InChI is InChI=1S/C21H25FN6S/c1-14(2)24-11-15-12-25-20(29-15)17-6-7-18(28-27-17)26-13-21(8-4-9-21)19-16(22)5-3-10-23-19/h3,5-7,10,12,14,24H,4,8-9,11,13H2,1-2H3,(H,26,28). The lowest BCUT2D eigenvalue weighted by molar-refractivity contribution is 0.243. The maximum Gasteiger partial charge on any atom is 0.148 e. The van der Waals surface area contributed by atoms with Crippen LogP contribution in [-0.2, 0) is 12.0 Å². The molecule has 0 aliphatic heterocycles. The summed E-state index contributed by atoms with van der Waals surface area (Å²) in [6, 6.07) is 7.37. The van der Waals surface area contributed by atoms with Gasteiger partial charge >= 0.3 is 0 Å². The highest BCUT2D eigenvalue weighted by Gasteiger charge is 2.41. The maximum atomic E-state index is 14.2. The van der Waals surface area contributed by atoms with Crippen molar-refractivity contribution in [3.63, 3.8) is 0 Å². The van der Waals surface area contributed by atoms with Crippen LogP contribution in [0.4, 0.5) is 10.2 Å². The molecule has 1 saturated carbocycles. The van der Waals surface area contributed by atoms with Gasteiger partial charge in [0, 0.05) is 41.8 Å². The van der Waals surface area contributed by atoms with Crippen LogP contribution in [0.15, 0.2) is 36.7 Å². The summed E-state index contributed by atoms with van der Waals surface area (Å²) < 4.78 is 14.2. The smallest absolute Gasteiger partial charge is 0.148 e. The van der Waals surface area contributed by atoms with E-state index in [0.29, 0.717) is 24.1 Å². The van der Waals surface area contributed by atoms with Crippen molar-refractivity contribution in [3.8, 4) is 10.7 Å². The molecule has 0 spiro atoms. The first kappa shape index (κ1) is 19.8. The lowest BCUT2D eigenvalue weighted by Crippen LogP contribution is -2.42. The van der Waals surface area contributed by atoms with E-state index in [1.54, 1.807) is 23.6 Å². The Bertz CT molecular complexity index is 952. The molecule has 0 atom stereocenters. The number of thiazole rings is 1. The van der Waals surface area contributed by atoms with E-state index in [2.05, 4.69) is 44.6 Å². The molecule has 0 bridgehead atoms. The molecule has 29 heavy (non-hydrogen) atoms. The molecule has 3 heterocycles. The Labute approximate surface area is 174 Å². The second kappa shape index (κ2) is 8.51. The van der Waals surface area contributed by atoms with Crippen LogP contribution >= 0.6 is 11.3 Å². The van der Waals surface area contributed by atoms with Crippen LogP contribution in [0.5, 0.6) is 0 Å². The fourth-order valence-electron chi connectivity index (χ4n) is 3.49. The Balaban J connectivity index is 1.40. The van der Waals surface area contributed by atoms with Crippen molar-refractivity contribution in [1.82, 2.24) is 25.5 Å². The lowest BCUT2D eigenvalue weighted by atomic mass is 9.66. The maximum absolute atomic E-state index is 14.2. The van der Waals surface area contributed by atoms with Gasteiger partial charge in [0.05, 0.1) is 5.69 Å². The Hall–Kier alpha value is -2.45. The SMILES string of the molecule is CC(C)NCc1cnc(-c2ccc(NCC3(c4ncccc4F)CCC3)nn2)s1. The summed E-state index contributed by atoms with van der Waals surface area (Å²) in [6.45, 7) is 5.63. The first-order valence-electron chi connectivity index (χ1n) is 9.93. The Morgan fingerprint density at radius 1 is 1.17 bits per heavy atom. The molecule has 4 rings (SSSR count). The molecule has 3 aromatic heterocycles. The topological polar surface area (TPSA) is 75.6 Å². The van der Waals surface area contributed by atoms with Crippen molar-refractivity contribution < 1.29 is 4.39 Å². The molecule has 6 nitrogen and oxygen atoms in total. The van der Waals surface area contributed by atoms with Crippen molar-refractivity contribution in [2.75, 3.05) is 11.9 Å². The second-order valence-electron chi connectivity index (χ2n) is 7.79. The van der Waals surface area contributed by atoms with Gasteiger partial charge < -0.3 is 10.6 Å². The third-order valence-corrected chi connectivity index (χ3v) is 6.32. The number of nitrogens with one attached hydrogen (secondary N) is 2. The number of nitrogens with zero attached hydrogens (tertiary/aromatic N) is 4. The zero-order valence-corrected chi connectivity index (χ0v) is 17.5. The zero-order valence-electron chi connectivity index (χ0n) is 16.7. The predicted molar refractivity (Wildman–Crippen MR) is 113 cm³/mol. The van der Waals surface area contributed by atoms with E-state index < -0.39 is 0 Å². The number of pyridine rings is 1. The number of hydrogen-bond acceptors (Lipinski definition) is 7. The van der Waals surface area contributed by atoms with Gasteiger partial charge in [0.2, 0.25) is 0 Å². The van der Waals surface area contributed by atoms with Crippen molar-refractivity contribution in [2.24, 2.45) is 0 Å². The normalized spacial score (nSPS) is 15.3. The largest absolute Gasteiger partial charge is 0.368 e. The molecule has 0 saturated heterocycles. The fourth-order valence-corrected chi connectivity index (χ4v) is 4.32. The van der Waals surface area contributed by atoms with Gasteiger partial charge in [-0.3, -0.25) is 4.98 Å². The van der Waals surface area contributed by atoms with Crippen LogP contribution in [-0.4, -0.2) is 32.8 Å². The van der Waals surface area contributed by atoms with E-state index in [1.807, 2.05) is 18.3 Å². The van der Waals surface area contributed by atoms with E-state index >= 15 is 0 Å². The minimum Gasteiger partial charge on any atom is -0.368 e. The van der Waals surface area contributed by atoms with E-state index in [9.17, 15) is 4.39 Å². The van der Waals surface area contributed by atoms with E-state index in [0.717, 1.165) is 36.5 Å². The molecule has 152 valence electrons. The molecule has 0 unspecified atom stereocenters. The number of hydrogen-bond donors (Lipinski definition) is 2. The fraction of sp³-hybridized carbons (Fsp3) is 0.429. The van der Waals surface area contributed by atoms with Gasteiger partial charge in [0.15, 0.2) is 0 Å². The van der Waals surface area contributed by atoms with Gasteiger partial charge in [-0.05, 0) is 37.1 Å². The molecular formula is C21H25FN6S. The van der Waals surface area contributed by atoms with E-state index in [4.69, 9.17) is 0 Å². The predicted octanol–water partition coefficient (Wildman–Crippen LogP) is 4.17. The summed E-state index contributed by atoms with van der Waals surface area (Å²) in [6.07, 6.45) is 6.47. The molecule has 2 N–H and O–H groups in total. The second-order valence-corrected chi connectivity index (χ2v) is 8.91. The molecule has 0 aromatic carbocycles. The van der Waals surface area contributed by atoms with Crippen LogP contribution in [0, 0.1) is 5.82 Å². The summed E-state index contributed by atoms with van der Waals surface area (Å²) in [7, 11) is 0. The van der Waals surface area contributed by atoms with Crippen LogP contribution in [0.1, 0.15) is 43.7 Å². The molecule has 3 aromatic rings. The third-order valence-electron chi connectivity index (χ3n) is 5.30. The van der Waals surface area contributed by atoms with Crippen LogP contribution < -0.4 is 10.6 Å². The first-order valence-corrected chi connectivity index (χ1v) is 10.7. The molecule has 1 aliphatic rings. The minimum absolute atomic E-state index is 0.234. The number of aromatic nitrogens is 4. The Morgan fingerprint density at radius 2 is 2.03 bits per heavy atom. The summed E-state index contributed by atoms with van der Waals surface area (Å²) in [4.78, 5) is 9.93. The summed E-state index contributed by atoms with van der Waals surface area (Å²) in [5.74, 6) is 0.441. The Kier molecular flexibility index (Phi) is 5.82. The van der Waals surface area contributed by atoms with Gasteiger partial charge in [0.25, 0.3) is 0 Å². The van der Waals surface area contributed by atoms with Crippen molar-refractivity contribution in [1.29, 1.82) is 0 Å².